The lowest BCUT2D eigenvalue weighted by atomic mass is 9.87. The normalized spacial score (nSPS) is 14.6. The Morgan fingerprint density at radius 2 is 1.53 bits per heavy atom. The molecule has 3 heterocycles. The van der Waals surface area contributed by atoms with Crippen molar-refractivity contribution in [3.63, 3.8) is 0 Å². The summed E-state index contributed by atoms with van der Waals surface area (Å²) in [6.07, 6.45) is 0. The summed E-state index contributed by atoms with van der Waals surface area (Å²) < 4.78 is 7.46. The molecule has 0 bridgehead atoms. The molecule has 0 unspecified atom stereocenters. The van der Waals surface area contributed by atoms with E-state index in [-0.39, 0.29) is 5.41 Å². The lowest BCUT2D eigenvalue weighted by Crippen LogP contribution is -2.47. The second-order valence-corrected chi connectivity index (χ2v) is 9.88. The summed E-state index contributed by atoms with van der Waals surface area (Å²) in [6.45, 7) is 12.2. The van der Waals surface area contributed by atoms with Crippen LogP contribution in [0.1, 0.15) is 32.0 Å². The third-order valence-electron chi connectivity index (χ3n) is 6.46. The summed E-state index contributed by atoms with van der Waals surface area (Å²) in [5, 5.41) is 4.86. The first kappa shape index (κ1) is 22.2. The Morgan fingerprint density at radius 1 is 0.853 bits per heavy atom. The van der Waals surface area contributed by atoms with Gasteiger partial charge in [0.25, 0.3) is 5.78 Å². The Bertz CT molecular complexity index is 1300. The molecule has 4 aromatic rings. The number of anilines is 2. The van der Waals surface area contributed by atoms with Crippen LogP contribution in [0.2, 0.25) is 0 Å². The number of aromatic nitrogens is 4. The molecule has 176 valence electrons. The number of ether oxygens (including phenoxy) is 1. The first-order valence-electron chi connectivity index (χ1n) is 11.8. The highest BCUT2D eigenvalue weighted by Gasteiger charge is 2.23. The average Bonchev–Trinajstić information content (AvgIpc) is 3.27. The van der Waals surface area contributed by atoms with Crippen molar-refractivity contribution in [1.29, 1.82) is 0 Å². The van der Waals surface area contributed by atoms with Gasteiger partial charge >= 0.3 is 0 Å². The van der Waals surface area contributed by atoms with Crippen molar-refractivity contribution in [3.05, 3.63) is 65.9 Å². The first-order chi connectivity index (χ1) is 16.3. The van der Waals surface area contributed by atoms with Gasteiger partial charge in [0.05, 0.1) is 12.8 Å². The summed E-state index contributed by atoms with van der Waals surface area (Å²) >= 11 is 0. The highest BCUT2D eigenvalue weighted by Crippen LogP contribution is 2.30. The topological polar surface area (TPSA) is 58.8 Å². The van der Waals surface area contributed by atoms with Gasteiger partial charge in [0.2, 0.25) is 0 Å². The molecular formula is C27H32N6O. The minimum absolute atomic E-state index is 0.114. The third-order valence-corrected chi connectivity index (χ3v) is 6.46. The van der Waals surface area contributed by atoms with Gasteiger partial charge in [-0.15, -0.1) is 5.10 Å². The van der Waals surface area contributed by atoms with Crippen LogP contribution in [0.25, 0.3) is 17.2 Å². The lowest BCUT2D eigenvalue weighted by molar-refractivity contribution is 0.413. The van der Waals surface area contributed by atoms with Crippen LogP contribution in [-0.4, -0.2) is 52.9 Å². The van der Waals surface area contributed by atoms with Crippen molar-refractivity contribution in [3.8, 4) is 17.1 Å². The quantitative estimate of drug-likeness (QED) is 0.442. The molecule has 7 heteroatoms. The highest BCUT2D eigenvalue weighted by molar-refractivity contribution is 5.61. The minimum Gasteiger partial charge on any atom is -0.495 e. The maximum absolute atomic E-state index is 5.57. The van der Waals surface area contributed by atoms with Gasteiger partial charge in [-0.05, 0) is 30.0 Å². The SMILES string of the molecule is COc1ccccc1N1CCN(c2cc(C)nc3nc(-c4ccc(C(C)(C)C)cc4)nn23)CC1. The number of nitrogens with zero attached hydrogens (tertiary/aromatic N) is 6. The molecule has 0 aliphatic carbocycles. The predicted molar refractivity (Wildman–Crippen MR) is 137 cm³/mol. The molecule has 1 saturated heterocycles. The molecule has 2 aromatic heterocycles. The molecule has 5 rings (SSSR count). The fourth-order valence-electron chi connectivity index (χ4n) is 4.50. The third kappa shape index (κ3) is 4.18. The monoisotopic (exact) mass is 456 g/mol. The van der Waals surface area contributed by atoms with Gasteiger partial charge < -0.3 is 14.5 Å². The average molecular weight is 457 g/mol. The Kier molecular flexibility index (Phi) is 5.63. The first-order valence-corrected chi connectivity index (χ1v) is 11.8. The highest BCUT2D eigenvalue weighted by atomic mass is 16.5. The molecule has 0 spiro atoms. The molecule has 1 fully saturated rings. The van der Waals surface area contributed by atoms with Crippen molar-refractivity contribution in [2.45, 2.75) is 33.1 Å². The second-order valence-electron chi connectivity index (χ2n) is 9.88. The standard InChI is InChI=1S/C27H32N6O/c1-19-18-24(32-16-14-31(15-17-32)22-8-6-7-9-23(22)34-5)33-26(28-19)29-25(30-33)20-10-12-21(13-11-20)27(2,3)4/h6-13,18H,14-17H2,1-5H3. The zero-order chi connectivity index (χ0) is 23.9. The maximum atomic E-state index is 5.57. The summed E-state index contributed by atoms with van der Waals surface area (Å²) in [5.41, 5.74) is 4.49. The number of hydrogen-bond donors (Lipinski definition) is 0. The number of aryl methyl sites for hydroxylation is 1. The lowest BCUT2D eigenvalue weighted by Gasteiger charge is -2.37. The van der Waals surface area contributed by atoms with Crippen LogP contribution in [-0.2, 0) is 5.41 Å². The number of para-hydroxylation sites is 2. The number of benzene rings is 2. The van der Waals surface area contributed by atoms with Gasteiger partial charge in [0.1, 0.15) is 11.6 Å². The van der Waals surface area contributed by atoms with Gasteiger partial charge in [0.15, 0.2) is 5.82 Å². The van der Waals surface area contributed by atoms with Crippen LogP contribution in [0.5, 0.6) is 5.75 Å². The Labute approximate surface area is 201 Å². The van der Waals surface area contributed by atoms with E-state index in [1.807, 2.05) is 23.6 Å². The second kappa shape index (κ2) is 8.63. The van der Waals surface area contributed by atoms with Crippen LogP contribution in [0.4, 0.5) is 11.5 Å². The molecule has 1 aliphatic rings. The smallest absolute Gasteiger partial charge is 0.254 e. The molecule has 7 nitrogen and oxygen atoms in total. The van der Waals surface area contributed by atoms with Crippen LogP contribution < -0.4 is 14.5 Å². The summed E-state index contributed by atoms with van der Waals surface area (Å²) in [6, 6.07) is 18.9. The van der Waals surface area contributed by atoms with E-state index in [1.54, 1.807) is 7.11 Å². The number of hydrogen-bond acceptors (Lipinski definition) is 6. The van der Waals surface area contributed by atoms with E-state index >= 15 is 0 Å². The van der Waals surface area contributed by atoms with Crippen LogP contribution in [0, 0.1) is 6.92 Å². The fourth-order valence-corrected chi connectivity index (χ4v) is 4.50. The summed E-state index contributed by atoms with van der Waals surface area (Å²) in [4.78, 5) is 14.2. The van der Waals surface area contributed by atoms with E-state index in [0.29, 0.717) is 11.6 Å². The largest absolute Gasteiger partial charge is 0.495 e. The molecule has 1 aliphatic heterocycles. The van der Waals surface area contributed by atoms with E-state index in [1.165, 1.54) is 5.56 Å². The van der Waals surface area contributed by atoms with E-state index in [0.717, 1.165) is 54.7 Å². The fraction of sp³-hybridized carbons (Fsp3) is 0.370. The molecule has 0 radical (unpaired) electrons. The Balaban J connectivity index is 1.42. The molecule has 2 aromatic carbocycles. The number of rotatable bonds is 4. The number of piperazine rings is 1. The van der Waals surface area contributed by atoms with Crippen LogP contribution >= 0.6 is 0 Å². The summed E-state index contributed by atoms with van der Waals surface area (Å²) in [7, 11) is 1.73. The minimum atomic E-state index is 0.114. The van der Waals surface area contributed by atoms with E-state index in [4.69, 9.17) is 14.8 Å². The van der Waals surface area contributed by atoms with Crippen LogP contribution in [0.15, 0.2) is 54.6 Å². The number of methoxy groups -OCH3 is 1. The zero-order valence-corrected chi connectivity index (χ0v) is 20.6. The maximum Gasteiger partial charge on any atom is 0.254 e. The number of fused-ring (bicyclic) bond motifs is 1. The molecule has 34 heavy (non-hydrogen) atoms. The molecule has 0 amide bonds. The van der Waals surface area contributed by atoms with Gasteiger partial charge in [-0.2, -0.15) is 9.50 Å². The van der Waals surface area contributed by atoms with Gasteiger partial charge in [0, 0.05) is 43.5 Å². The van der Waals surface area contributed by atoms with E-state index in [9.17, 15) is 0 Å². The van der Waals surface area contributed by atoms with Crippen molar-refractivity contribution in [2.75, 3.05) is 43.1 Å². The Morgan fingerprint density at radius 3 is 2.21 bits per heavy atom. The van der Waals surface area contributed by atoms with Crippen molar-refractivity contribution in [1.82, 2.24) is 19.6 Å². The van der Waals surface area contributed by atoms with Crippen molar-refractivity contribution >= 4 is 17.3 Å². The van der Waals surface area contributed by atoms with Crippen molar-refractivity contribution in [2.24, 2.45) is 0 Å². The summed E-state index contributed by atoms with van der Waals surface area (Å²) in [5.74, 6) is 3.29. The molecular weight excluding hydrogens is 424 g/mol. The van der Waals surface area contributed by atoms with Gasteiger partial charge in [-0.3, -0.25) is 0 Å². The predicted octanol–water partition coefficient (Wildman–Crippen LogP) is 4.73. The molecule has 0 atom stereocenters. The van der Waals surface area contributed by atoms with Gasteiger partial charge in [-0.25, -0.2) is 4.98 Å². The van der Waals surface area contributed by atoms with E-state index < -0.39 is 0 Å². The van der Waals surface area contributed by atoms with Crippen molar-refractivity contribution < 1.29 is 4.74 Å². The molecule has 0 saturated carbocycles. The van der Waals surface area contributed by atoms with Crippen LogP contribution in [0.3, 0.4) is 0 Å². The Hall–Kier alpha value is -3.61. The zero-order valence-electron chi connectivity index (χ0n) is 20.6. The molecule has 0 N–H and O–H groups in total. The van der Waals surface area contributed by atoms with Gasteiger partial charge in [-0.1, -0.05) is 57.2 Å². The van der Waals surface area contributed by atoms with E-state index in [2.05, 4.69) is 78.0 Å².